The third kappa shape index (κ3) is 7.11. The van der Waals surface area contributed by atoms with E-state index >= 15 is 0 Å². The zero-order chi connectivity index (χ0) is 14.1. The van der Waals surface area contributed by atoms with Gasteiger partial charge in [0.25, 0.3) is 0 Å². The molecule has 0 radical (unpaired) electrons. The lowest BCUT2D eigenvalue weighted by atomic mass is 10.2. The van der Waals surface area contributed by atoms with Crippen LogP contribution in [0.5, 0.6) is 0 Å². The maximum absolute atomic E-state index is 11.8. The fourth-order valence-corrected chi connectivity index (χ4v) is 1.35. The molecule has 0 rings (SSSR count). The minimum absolute atomic E-state index is 0.105. The Balaban J connectivity index is 4.17. The van der Waals surface area contributed by atoms with Crippen LogP contribution in [0, 0.1) is 0 Å². The second-order valence-corrected chi connectivity index (χ2v) is 4.43. The third-order valence-electron chi connectivity index (χ3n) is 2.52. The highest BCUT2D eigenvalue weighted by Gasteiger charge is 2.20. The highest BCUT2D eigenvalue weighted by atomic mass is 16.5. The lowest BCUT2D eigenvalue weighted by molar-refractivity contribution is -0.138. The first-order valence-electron chi connectivity index (χ1n) is 6.26. The summed E-state index contributed by atoms with van der Waals surface area (Å²) < 4.78 is 5.29. The maximum atomic E-state index is 11.8. The molecule has 0 aliphatic carbocycles. The van der Waals surface area contributed by atoms with E-state index < -0.39 is 5.97 Å². The minimum Gasteiger partial charge on any atom is -0.480 e. The number of carbonyl (C=O) groups excluding carboxylic acids is 1. The summed E-state index contributed by atoms with van der Waals surface area (Å²) in [6.07, 6.45) is 0.829. The Kier molecular flexibility index (Phi) is 8.11. The molecule has 0 aromatic heterocycles. The zero-order valence-electron chi connectivity index (χ0n) is 11.6. The third-order valence-corrected chi connectivity index (χ3v) is 2.52. The van der Waals surface area contributed by atoms with Gasteiger partial charge in [-0.15, -0.1) is 0 Å². The summed E-state index contributed by atoms with van der Waals surface area (Å²) in [6, 6.07) is -0.466. The largest absolute Gasteiger partial charge is 0.480 e. The highest BCUT2D eigenvalue weighted by molar-refractivity contribution is 5.80. The molecule has 1 unspecified atom stereocenters. The number of hydrogen-bond donors (Lipinski definition) is 2. The van der Waals surface area contributed by atoms with Crippen LogP contribution in [-0.4, -0.2) is 53.8 Å². The van der Waals surface area contributed by atoms with Gasteiger partial charge in [-0.2, -0.15) is 0 Å². The Morgan fingerprint density at radius 3 is 2.39 bits per heavy atom. The van der Waals surface area contributed by atoms with Crippen molar-refractivity contribution in [2.24, 2.45) is 0 Å². The molecule has 18 heavy (non-hydrogen) atoms. The van der Waals surface area contributed by atoms with Crippen molar-refractivity contribution < 1.29 is 19.4 Å². The normalized spacial score (nSPS) is 12.3. The van der Waals surface area contributed by atoms with Crippen molar-refractivity contribution in [1.82, 2.24) is 10.2 Å². The van der Waals surface area contributed by atoms with Gasteiger partial charge in [0.05, 0.1) is 12.7 Å². The zero-order valence-corrected chi connectivity index (χ0v) is 11.6. The Hall–Kier alpha value is -1.30. The van der Waals surface area contributed by atoms with Crippen molar-refractivity contribution >= 4 is 12.0 Å². The Morgan fingerprint density at radius 2 is 1.94 bits per heavy atom. The van der Waals surface area contributed by atoms with E-state index in [1.165, 1.54) is 4.90 Å². The molecule has 0 aliphatic rings. The van der Waals surface area contributed by atoms with Crippen LogP contribution in [0.3, 0.4) is 0 Å². The minimum atomic E-state index is -1.01. The van der Waals surface area contributed by atoms with Crippen LogP contribution >= 0.6 is 0 Å². The summed E-state index contributed by atoms with van der Waals surface area (Å²) in [4.78, 5) is 23.8. The molecule has 0 bridgehead atoms. The van der Waals surface area contributed by atoms with Crippen LogP contribution < -0.4 is 5.32 Å². The highest BCUT2D eigenvalue weighted by Crippen LogP contribution is 2.03. The van der Waals surface area contributed by atoms with E-state index in [1.54, 1.807) is 0 Å². The van der Waals surface area contributed by atoms with Gasteiger partial charge in [-0.05, 0) is 27.2 Å². The molecule has 2 N–H and O–H groups in total. The Bertz CT molecular complexity index is 269. The fraction of sp³-hybridized carbons (Fsp3) is 0.833. The number of aliphatic carboxylic acids is 1. The molecule has 0 heterocycles. The number of hydrogen-bond acceptors (Lipinski definition) is 3. The number of urea groups is 1. The molecule has 0 aliphatic heterocycles. The van der Waals surface area contributed by atoms with Crippen molar-refractivity contribution in [1.29, 1.82) is 0 Å². The molecule has 0 saturated heterocycles. The number of carboxylic acid groups (broad SMARTS) is 1. The summed E-state index contributed by atoms with van der Waals surface area (Å²) in [5, 5.41) is 11.4. The van der Waals surface area contributed by atoms with Crippen LogP contribution in [0.25, 0.3) is 0 Å². The molecule has 0 aromatic carbocycles. The number of rotatable bonds is 8. The van der Waals surface area contributed by atoms with Crippen LogP contribution in [0.15, 0.2) is 0 Å². The number of amides is 2. The van der Waals surface area contributed by atoms with Gasteiger partial charge in [-0.3, -0.25) is 4.79 Å². The SMILES string of the molecule is CCC(C)N(CC(=O)O)C(=O)NCCOC(C)C. The molecular weight excluding hydrogens is 236 g/mol. The summed E-state index contributed by atoms with van der Waals surface area (Å²) >= 11 is 0. The first-order valence-corrected chi connectivity index (χ1v) is 6.26. The van der Waals surface area contributed by atoms with Gasteiger partial charge in [-0.1, -0.05) is 6.92 Å². The van der Waals surface area contributed by atoms with E-state index in [-0.39, 0.29) is 24.7 Å². The van der Waals surface area contributed by atoms with Gasteiger partial charge in [-0.25, -0.2) is 4.79 Å². The van der Waals surface area contributed by atoms with E-state index in [1.807, 2.05) is 27.7 Å². The monoisotopic (exact) mass is 260 g/mol. The standard InChI is InChI=1S/C12H24N2O4/c1-5-10(4)14(8-11(15)16)12(17)13-6-7-18-9(2)3/h9-10H,5-8H2,1-4H3,(H,13,17)(H,15,16). The second-order valence-electron chi connectivity index (χ2n) is 4.43. The fourth-order valence-electron chi connectivity index (χ4n) is 1.35. The van der Waals surface area contributed by atoms with Crippen molar-refractivity contribution in [2.75, 3.05) is 19.7 Å². The van der Waals surface area contributed by atoms with Gasteiger partial charge in [0.15, 0.2) is 0 Å². The van der Waals surface area contributed by atoms with Crippen molar-refractivity contribution in [2.45, 2.75) is 46.3 Å². The molecule has 0 aromatic rings. The summed E-state index contributed by atoms with van der Waals surface area (Å²) in [7, 11) is 0. The topological polar surface area (TPSA) is 78.9 Å². The predicted octanol–water partition coefficient (Wildman–Crippen LogP) is 1.31. The number of carboxylic acids is 1. The molecule has 0 fully saturated rings. The average molecular weight is 260 g/mol. The van der Waals surface area contributed by atoms with Crippen LogP contribution in [-0.2, 0) is 9.53 Å². The molecule has 6 heteroatoms. The van der Waals surface area contributed by atoms with Gasteiger partial charge in [0.1, 0.15) is 6.54 Å². The van der Waals surface area contributed by atoms with E-state index in [0.29, 0.717) is 19.6 Å². The Labute approximate surface area is 108 Å². The van der Waals surface area contributed by atoms with Crippen LogP contribution in [0.1, 0.15) is 34.1 Å². The predicted molar refractivity (Wildman–Crippen MR) is 68.6 cm³/mol. The first kappa shape index (κ1) is 16.7. The van der Waals surface area contributed by atoms with Gasteiger partial charge in [0.2, 0.25) is 0 Å². The maximum Gasteiger partial charge on any atom is 0.323 e. The van der Waals surface area contributed by atoms with Crippen molar-refractivity contribution in [3.05, 3.63) is 0 Å². The summed E-state index contributed by atoms with van der Waals surface area (Å²) in [5.41, 5.74) is 0. The van der Waals surface area contributed by atoms with E-state index in [0.717, 1.165) is 0 Å². The number of nitrogens with one attached hydrogen (secondary N) is 1. The van der Waals surface area contributed by atoms with Gasteiger partial charge in [0, 0.05) is 12.6 Å². The number of ether oxygens (including phenoxy) is 1. The van der Waals surface area contributed by atoms with Crippen molar-refractivity contribution in [3.63, 3.8) is 0 Å². The molecular formula is C12H24N2O4. The number of carbonyl (C=O) groups is 2. The summed E-state index contributed by atoms with van der Waals surface area (Å²) in [6.45, 7) is 8.08. The van der Waals surface area contributed by atoms with Crippen molar-refractivity contribution in [3.8, 4) is 0 Å². The van der Waals surface area contributed by atoms with Gasteiger partial charge < -0.3 is 20.1 Å². The average Bonchev–Trinajstić information content (AvgIpc) is 2.29. The molecule has 106 valence electrons. The van der Waals surface area contributed by atoms with E-state index in [2.05, 4.69) is 5.32 Å². The quantitative estimate of drug-likeness (QED) is 0.645. The summed E-state index contributed by atoms with van der Waals surface area (Å²) in [5.74, 6) is -1.01. The van der Waals surface area contributed by atoms with Crippen LogP contribution in [0.2, 0.25) is 0 Å². The molecule has 2 amide bonds. The molecule has 0 spiro atoms. The van der Waals surface area contributed by atoms with E-state index in [4.69, 9.17) is 9.84 Å². The van der Waals surface area contributed by atoms with Crippen LogP contribution in [0.4, 0.5) is 4.79 Å². The molecule has 0 saturated carbocycles. The van der Waals surface area contributed by atoms with Gasteiger partial charge >= 0.3 is 12.0 Å². The second kappa shape index (κ2) is 8.74. The molecule has 6 nitrogen and oxygen atoms in total. The van der Waals surface area contributed by atoms with E-state index in [9.17, 15) is 9.59 Å². The molecule has 1 atom stereocenters. The lowest BCUT2D eigenvalue weighted by Gasteiger charge is -2.27. The first-order chi connectivity index (χ1) is 8.38. The number of nitrogens with zero attached hydrogens (tertiary/aromatic N) is 1. The smallest absolute Gasteiger partial charge is 0.323 e. The Morgan fingerprint density at radius 1 is 1.33 bits per heavy atom. The lowest BCUT2D eigenvalue weighted by Crippen LogP contribution is -2.48.